The highest BCUT2D eigenvalue weighted by Gasteiger charge is 2.09. The second kappa shape index (κ2) is 5.32. The van der Waals surface area contributed by atoms with Crippen LogP contribution in [0, 0.1) is 0 Å². The van der Waals surface area contributed by atoms with Crippen LogP contribution in [0.5, 0.6) is 0 Å². The van der Waals surface area contributed by atoms with E-state index in [2.05, 4.69) is 4.99 Å². The lowest BCUT2D eigenvalue weighted by Crippen LogP contribution is -2.19. The molecule has 0 N–H and O–H groups in total. The highest BCUT2D eigenvalue weighted by Crippen LogP contribution is 2.16. The first kappa shape index (κ1) is 10.6. The van der Waals surface area contributed by atoms with Crippen molar-refractivity contribution in [3.63, 3.8) is 0 Å². The van der Waals surface area contributed by atoms with E-state index in [9.17, 15) is 4.79 Å². The van der Waals surface area contributed by atoms with Crippen LogP contribution in [-0.2, 0) is 4.79 Å². The summed E-state index contributed by atoms with van der Waals surface area (Å²) in [4.78, 5) is 16.0. The Labute approximate surface area is 84.1 Å². The normalized spacial score (nSPS) is 12.2. The van der Waals surface area contributed by atoms with E-state index in [0.717, 1.165) is 12.1 Å². The van der Waals surface area contributed by atoms with Gasteiger partial charge in [-0.15, -0.1) is 0 Å². The number of nitrogens with zero attached hydrogens (tertiary/aromatic N) is 2. The molecule has 0 heterocycles. The van der Waals surface area contributed by atoms with Gasteiger partial charge in [-0.1, -0.05) is 30.3 Å². The molecular formula is C11H14N2O. The predicted molar refractivity (Wildman–Crippen MR) is 55.9 cm³/mol. The van der Waals surface area contributed by atoms with Crippen molar-refractivity contribution in [3.8, 4) is 0 Å². The summed E-state index contributed by atoms with van der Waals surface area (Å²) in [6.07, 6.45) is 1.62. The molecule has 1 aromatic carbocycles. The molecule has 14 heavy (non-hydrogen) atoms. The van der Waals surface area contributed by atoms with E-state index in [4.69, 9.17) is 0 Å². The Morgan fingerprint density at radius 3 is 2.50 bits per heavy atom. The van der Waals surface area contributed by atoms with Crippen LogP contribution in [-0.4, -0.2) is 31.6 Å². The molecule has 1 aromatic rings. The monoisotopic (exact) mass is 190 g/mol. The Kier molecular flexibility index (Phi) is 4.05. The smallest absolute Gasteiger partial charge is 0.235 e. The summed E-state index contributed by atoms with van der Waals surface area (Å²) in [5, 5.41) is 0. The molecule has 0 radical (unpaired) electrons. The Balaban J connectivity index is 2.83. The van der Waals surface area contributed by atoms with Crippen LogP contribution in [0.2, 0.25) is 0 Å². The first-order valence-corrected chi connectivity index (χ1v) is 4.50. The van der Waals surface area contributed by atoms with Crippen LogP contribution < -0.4 is 0 Å². The molecule has 1 rings (SSSR count). The number of aliphatic imine (C=N–C) groups is 1. The predicted octanol–water partition coefficient (Wildman–Crippen LogP) is 1.63. The Morgan fingerprint density at radius 1 is 1.36 bits per heavy atom. The first-order chi connectivity index (χ1) is 6.74. The Morgan fingerprint density at radius 2 is 2.00 bits per heavy atom. The maximum atomic E-state index is 10.3. The van der Waals surface area contributed by atoms with E-state index in [1.165, 1.54) is 0 Å². The molecular weight excluding hydrogens is 176 g/mol. The lowest BCUT2D eigenvalue weighted by atomic mass is 10.1. The van der Waals surface area contributed by atoms with E-state index in [-0.39, 0.29) is 6.04 Å². The van der Waals surface area contributed by atoms with Crippen molar-refractivity contribution >= 4 is 6.08 Å². The molecule has 0 spiro atoms. The van der Waals surface area contributed by atoms with Gasteiger partial charge in [0.2, 0.25) is 6.08 Å². The van der Waals surface area contributed by atoms with E-state index in [1.807, 2.05) is 49.3 Å². The van der Waals surface area contributed by atoms with Gasteiger partial charge in [0.15, 0.2) is 0 Å². The lowest BCUT2D eigenvalue weighted by molar-refractivity contribution is 0.377. The summed E-state index contributed by atoms with van der Waals surface area (Å²) in [5.41, 5.74) is 1.05. The molecule has 3 nitrogen and oxygen atoms in total. The number of isocyanates is 1. The van der Waals surface area contributed by atoms with Gasteiger partial charge in [0, 0.05) is 6.54 Å². The zero-order chi connectivity index (χ0) is 10.4. The minimum atomic E-state index is -0.108. The molecule has 0 fully saturated rings. The van der Waals surface area contributed by atoms with Gasteiger partial charge < -0.3 is 4.90 Å². The van der Waals surface area contributed by atoms with Crippen molar-refractivity contribution < 1.29 is 4.79 Å². The van der Waals surface area contributed by atoms with Gasteiger partial charge in [0.05, 0.1) is 0 Å². The molecule has 74 valence electrons. The van der Waals surface area contributed by atoms with Gasteiger partial charge in [0.1, 0.15) is 6.04 Å². The summed E-state index contributed by atoms with van der Waals surface area (Å²) < 4.78 is 0. The van der Waals surface area contributed by atoms with Gasteiger partial charge in [0.25, 0.3) is 0 Å². The molecule has 0 bridgehead atoms. The van der Waals surface area contributed by atoms with Crippen molar-refractivity contribution in [2.45, 2.75) is 6.04 Å². The van der Waals surface area contributed by atoms with Crippen LogP contribution in [0.25, 0.3) is 0 Å². The van der Waals surface area contributed by atoms with E-state index >= 15 is 0 Å². The van der Waals surface area contributed by atoms with Crippen LogP contribution in [0.1, 0.15) is 11.6 Å². The second-order valence-electron chi connectivity index (χ2n) is 3.41. The average Bonchev–Trinajstić information content (AvgIpc) is 2.18. The van der Waals surface area contributed by atoms with Crippen molar-refractivity contribution in [2.24, 2.45) is 4.99 Å². The fraction of sp³-hybridized carbons (Fsp3) is 0.364. The third-order valence-corrected chi connectivity index (χ3v) is 1.93. The second-order valence-corrected chi connectivity index (χ2v) is 3.41. The quantitative estimate of drug-likeness (QED) is 0.534. The number of hydrogen-bond donors (Lipinski definition) is 0. The Bertz CT molecular complexity index is 315. The topological polar surface area (TPSA) is 32.7 Å². The van der Waals surface area contributed by atoms with E-state index in [0.29, 0.717) is 0 Å². The number of rotatable bonds is 4. The van der Waals surface area contributed by atoms with Gasteiger partial charge in [-0.3, -0.25) is 0 Å². The van der Waals surface area contributed by atoms with Crippen LogP contribution >= 0.6 is 0 Å². The molecule has 1 atom stereocenters. The van der Waals surface area contributed by atoms with Crippen LogP contribution in [0.3, 0.4) is 0 Å². The minimum absolute atomic E-state index is 0.108. The zero-order valence-corrected chi connectivity index (χ0v) is 8.47. The molecule has 0 aromatic heterocycles. The van der Waals surface area contributed by atoms with Crippen molar-refractivity contribution in [3.05, 3.63) is 35.9 Å². The fourth-order valence-electron chi connectivity index (χ4n) is 1.31. The largest absolute Gasteiger partial charge is 0.307 e. The summed E-state index contributed by atoms with van der Waals surface area (Å²) in [5.74, 6) is 0. The molecule has 0 saturated heterocycles. The standard InChI is InChI=1S/C11H14N2O/c1-13(2)8-11(12-9-14)10-6-4-3-5-7-10/h3-7,11H,8H2,1-2H3/t11-/m0/s1. The highest BCUT2D eigenvalue weighted by molar-refractivity contribution is 5.35. The van der Waals surface area contributed by atoms with Crippen molar-refractivity contribution in [1.82, 2.24) is 4.90 Å². The van der Waals surface area contributed by atoms with Crippen molar-refractivity contribution in [1.29, 1.82) is 0 Å². The Hall–Kier alpha value is -1.44. The minimum Gasteiger partial charge on any atom is -0.307 e. The van der Waals surface area contributed by atoms with Crippen molar-refractivity contribution in [2.75, 3.05) is 20.6 Å². The lowest BCUT2D eigenvalue weighted by Gasteiger charge is -2.15. The molecule has 0 saturated carbocycles. The summed E-state index contributed by atoms with van der Waals surface area (Å²) in [6.45, 7) is 0.721. The summed E-state index contributed by atoms with van der Waals surface area (Å²) in [7, 11) is 3.91. The number of carbonyl (C=O) groups excluding carboxylic acids is 1. The van der Waals surface area contributed by atoms with Crippen LogP contribution in [0.4, 0.5) is 0 Å². The average molecular weight is 190 g/mol. The van der Waals surface area contributed by atoms with E-state index < -0.39 is 0 Å². The van der Waals surface area contributed by atoms with Crippen LogP contribution in [0.15, 0.2) is 35.3 Å². The third-order valence-electron chi connectivity index (χ3n) is 1.93. The SMILES string of the molecule is CN(C)C[C@H](N=C=O)c1ccccc1. The maximum absolute atomic E-state index is 10.3. The maximum Gasteiger partial charge on any atom is 0.235 e. The molecule has 0 aliphatic rings. The van der Waals surface area contributed by atoms with E-state index in [1.54, 1.807) is 6.08 Å². The van der Waals surface area contributed by atoms with Gasteiger partial charge in [-0.25, -0.2) is 4.79 Å². The fourth-order valence-corrected chi connectivity index (χ4v) is 1.31. The highest BCUT2D eigenvalue weighted by atomic mass is 16.1. The summed E-state index contributed by atoms with van der Waals surface area (Å²) >= 11 is 0. The molecule has 3 heteroatoms. The number of hydrogen-bond acceptors (Lipinski definition) is 3. The third kappa shape index (κ3) is 3.13. The van der Waals surface area contributed by atoms with Gasteiger partial charge in [-0.05, 0) is 19.7 Å². The van der Waals surface area contributed by atoms with Gasteiger partial charge in [-0.2, -0.15) is 4.99 Å². The number of likely N-dealkylation sites (N-methyl/N-ethyl adjacent to an activating group) is 1. The summed E-state index contributed by atoms with van der Waals surface area (Å²) in [6, 6.07) is 9.66. The zero-order valence-electron chi connectivity index (χ0n) is 8.47. The molecule has 0 aliphatic heterocycles. The number of benzene rings is 1. The molecule has 0 amide bonds. The first-order valence-electron chi connectivity index (χ1n) is 4.50. The van der Waals surface area contributed by atoms with Gasteiger partial charge >= 0.3 is 0 Å². The molecule has 0 unspecified atom stereocenters. The molecule has 0 aliphatic carbocycles.